The van der Waals surface area contributed by atoms with Crippen molar-refractivity contribution in [2.24, 2.45) is 7.05 Å². The van der Waals surface area contributed by atoms with Crippen molar-refractivity contribution < 1.29 is 8.42 Å². The minimum atomic E-state index is -3.22. The van der Waals surface area contributed by atoms with Gasteiger partial charge in [-0.05, 0) is 19.9 Å². The number of aromatic nitrogens is 2. The van der Waals surface area contributed by atoms with Crippen LogP contribution in [0.2, 0.25) is 0 Å². The maximum absolute atomic E-state index is 11.7. The quantitative estimate of drug-likeness (QED) is 0.662. The van der Waals surface area contributed by atoms with E-state index in [0.29, 0.717) is 13.1 Å². The van der Waals surface area contributed by atoms with Crippen LogP contribution in [-0.2, 0) is 23.6 Å². The van der Waals surface area contributed by atoms with Gasteiger partial charge in [0, 0.05) is 31.9 Å². The van der Waals surface area contributed by atoms with Crippen molar-refractivity contribution in [2.45, 2.75) is 26.8 Å². The zero-order valence-electron chi connectivity index (χ0n) is 11.2. The molecule has 0 aliphatic rings. The molecule has 0 radical (unpaired) electrons. The first-order valence-electron chi connectivity index (χ1n) is 6.12. The summed E-state index contributed by atoms with van der Waals surface area (Å²) in [5.41, 5.74) is 1.76. The number of nitrogens with zero attached hydrogens (tertiary/aromatic N) is 2. The number of hydrogen-bond acceptors (Lipinski definition) is 4. The highest BCUT2D eigenvalue weighted by atomic mass is 32.2. The Morgan fingerprint density at radius 3 is 2.67 bits per heavy atom. The van der Waals surface area contributed by atoms with Gasteiger partial charge in [-0.25, -0.2) is 13.1 Å². The zero-order valence-corrected chi connectivity index (χ0v) is 12.0. The summed E-state index contributed by atoms with van der Waals surface area (Å²) in [7, 11) is -1.40. The Bertz CT molecular complexity index is 467. The molecule has 7 heteroatoms. The molecule has 104 valence electrons. The van der Waals surface area contributed by atoms with Gasteiger partial charge in [-0.3, -0.25) is 4.68 Å². The highest BCUT2D eigenvalue weighted by Gasteiger charge is 2.11. The van der Waals surface area contributed by atoms with Crippen LogP contribution in [0.25, 0.3) is 0 Å². The van der Waals surface area contributed by atoms with Gasteiger partial charge in [0.05, 0.1) is 11.4 Å². The molecule has 0 unspecified atom stereocenters. The Balaban J connectivity index is 2.39. The molecule has 1 heterocycles. The molecule has 0 amide bonds. The van der Waals surface area contributed by atoms with E-state index in [0.717, 1.165) is 24.2 Å². The van der Waals surface area contributed by atoms with Crippen LogP contribution >= 0.6 is 0 Å². The Kier molecular flexibility index (Phi) is 5.77. The molecule has 0 spiro atoms. The van der Waals surface area contributed by atoms with Gasteiger partial charge in [-0.1, -0.05) is 6.92 Å². The Morgan fingerprint density at radius 2 is 2.11 bits per heavy atom. The Labute approximate surface area is 109 Å². The Hall–Kier alpha value is -0.920. The van der Waals surface area contributed by atoms with Gasteiger partial charge in [0.25, 0.3) is 0 Å². The molecule has 1 aromatic heterocycles. The highest BCUT2D eigenvalue weighted by Crippen LogP contribution is 2.04. The first-order chi connectivity index (χ1) is 8.44. The summed E-state index contributed by atoms with van der Waals surface area (Å²) in [6.07, 6.45) is 2.83. The second-order valence-corrected chi connectivity index (χ2v) is 6.23. The molecular weight excluding hydrogens is 252 g/mol. The minimum absolute atomic E-state index is 0.103. The van der Waals surface area contributed by atoms with E-state index >= 15 is 0 Å². The number of rotatable bonds is 8. The van der Waals surface area contributed by atoms with Gasteiger partial charge in [0.15, 0.2) is 0 Å². The topological polar surface area (TPSA) is 76.0 Å². The third-order valence-electron chi connectivity index (χ3n) is 2.57. The first kappa shape index (κ1) is 15.1. The molecule has 0 saturated carbocycles. The van der Waals surface area contributed by atoms with Crippen molar-refractivity contribution in [3.05, 3.63) is 17.5 Å². The van der Waals surface area contributed by atoms with Crippen LogP contribution in [0.3, 0.4) is 0 Å². The van der Waals surface area contributed by atoms with E-state index in [1.807, 2.05) is 27.1 Å². The van der Waals surface area contributed by atoms with Gasteiger partial charge < -0.3 is 5.32 Å². The molecule has 0 aromatic carbocycles. The molecular formula is C11H22N4O2S. The number of aryl methyl sites for hydroxylation is 2. The van der Waals surface area contributed by atoms with E-state index in [4.69, 9.17) is 0 Å². The van der Waals surface area contributed by atoms with Crippen LogP contribution in [0.4, 0.5) is 0 Å². The standard InChI is InChI=1S/C11H22N4O2S/c1-4-5-12-6-7-18(16,17)13-8-11-9-15(3)14-10(11)2/h9,12-13H,4-8H2,1-3H3. The summed E-state index contributed by atoms with van der Waals surface area (Å²) < 4.78 is 27.7. The maximum Gasteiger partial charge on any atom is 0.213 e. The monoisotopic (exact) mass is 274 g/mol. The predicted molar refractivity (Wildman–Crippen MR) is 71.7 cm³/mol. The van der Waals surface area contributed by atoms with Gasteiger partial charge in [0.2, 0.25) is 10.0 Å². The van der Waals surface area contributed by atoms with Crippen molar-refractivity contribution >= 4 is 10.0 Å². The fraction of sp³-hybridized carbons (Fsp3) is 0.727. The number of nitrogens with one attached hydrogen (secondary N) is 2. The zero-order chi connectivity index (χ0) is 13.6. The van der Waals surface area contributed by atoms with E-state index in [1.165, 1.54) is 0 Å². The molecule has 6 nitrogen and oxygen atoms in total. The van der Waals surface area contributed by atoms with Crippen molar-refractivity contribution in [2.75, 3.05) is 18.8 Å². The molecule has 0 saturated heterocycles. The summed E-state index contributed by atoms with van der Waals surface area (Å²) in [5.74, 6) is 0.103. The minimum Gasteiger partial charge on any atom is -0.316 e. The molecule has 0 aliphatic carbocycles. The van der Waals surface area contributed by atoms with Crippen LogP contribution in [0.1, 0.15) is 24.6 Å². The van der Waals surface area contributed by atoms with Crippen molar-refractivity contribution in [1.29, 1.82) is 0 Å². The lowest BCUT2D eigenvalue weighted by atomic mass is 10.3. The summed E-state index contributed by atoms with van der Waals surface area (Å²) in [5, 5.41) is 7.24. The number of hydrogen-bond donors (Lipinski definition) is 2. The van der Waals surface area contributed by atoms with E-state index in [9.17, 15) is 8.42 Å². The van der Waals surface area contributed by atoms with E-state index < -0.39 is 10.0 Å². The van der Waals surface area contributed by atoms with Crippen LogP contribution in [-0.4, -0.2) is 37.0 Å². The fourth-order valence-electron chi connectivity index (χ4n) is 1.59. The van der Waals surface area contributed by atoms with Crippen molar-refractivity contribution in [3.8, 4) is 0 Å². The third-order valence-corrected chi connectivity index (χ3v) is 3.90. The van der Waals surface area contributed by atoms with Gasteiger partial charge >= 0.3 is 0 Å². The van der Waals surface area contributed by atoms with Gasteiger partial charge in [-0.2, -0.15) is 5.10 Å². The van der Waals surface area contributed by atoms with Gasteiger partial charge in [-0.15, -0.1) is 0 Å². The number of sulfonamides is 1. The SMILES string of the molecule is CCCNCCS(=O)(=O)NCc1cn(C)nc1C. The fourth-order valence-corrected chi connectivity index (χ4v) is 2.52. The second kappa shape index (κ2) is 6.86. The molecule has 1 rings (SSSR count). The van der Waals surface area contributed by atoms with E-state index in [1.54, 1.807) is 4.68 Å². The summed E-state index contributed by atoms with van der Waals surface area (Å²) in [4.78, 5) is 0. The summed E-state index contributed by atoms with van der Waals surface area (Å²) >= 11 is 0. The van der Waals surface area contributed by atoms with Crippen LogP contribution in [0.5, 0.6) is 0 Å². The normalized spacial score (nSPS) is 11.9. The smallest absolute Gasteiger partial charge is 0.213 e. The molecule has 18 heavy (non-hydrogen) atoms. The lowest BCUT2D eigenvalue weighted by Gasteiger charge is -2.06. The molecule has 0 fully saturated rings. The predicted octanol–water partition coefficient (Wildman–Crippen LogP) is 0.148. The van der Waals surface area contributed by atoms with Crippen LogP contribution in [0.15, 0.2) is 6.20 Å². The second-order valence-electron chi connectivity index (χ2n) is 4.30. The molecule has 1 aromatic rings. The lowest BCUT2D eigenvalue weighted by molar-refractivity contribution is 0.576. The van der Waals surface area contributed by atoms with Crippen molar-refractivity contribution in [3.63, 3.8) is 0 Å². The molecule has 2 N–H and O–H groups in total. The van der Waals surface area contributed by atoms with E-state index in [-0.39, 0.29) is 5.75 Å². The lowest BCUT2D eigenvalue weighted by Crippen LogP contribution is -2.32. The molecule has 0 atom stereocenters. The maximum atomic E-state index is 11.7. The largest absolute Gasteiger partial charge is 0.316 e. The summed E-state index contributed by atoms with van der Waals surface area (Å²) in [6.45, 7) is 5.54. The average molecular weight is 274 g/mol. The highest BCUT2D eigenvalue weighted by molar-refractivity contribution is 7.89. The van der Waals surface area contributed by atoms with E-state index in [2.05, 4.69) is 15.1 Å². The summed E-state index contributed by atoms with van der Waals surface area (Å²) in [6, 6.07) is 0. The Morgan fingerprint density at radius 1 is 1.39 bits per heavy atom. The van der Waals surface area contributed by atoms with Crippen LogP contribution < -0.4 is 10.0 Å². The molecule has 0 aliphatic heterocycles. The average Bonchev–Trinajstić information content (AvgIpc) is 2.61. The third kappa shape index (κ3) is 5.16. The molecule has 0 bridgehead atoms. The van der Waals surface area contributed by atoms with Crippen LogP contribution in [0, 0.1) is 6.92 Å². The first-order valence-corrected chi connectivity index (χ1v) is 7.77. The van der Waals surface area contributed by atoms with Crippen molar-refractivity contribution in [1.82, 2.24) is 19.8 Å². The van der Waals surface area contributed by atoms with Gasteiger partial charge in [0.1, 0.15) is 0 Å².